The predicted molar refractivity (Wildman–Crippen MR) is 119 cm³/mol. The second-order valence-corrected chi connectivity index (χ2v) is 8.94. The van der Waals surface area contributed by atoms with Gasteiger partial charge in [0.25, 0.3) is 5.91 Å². The van der Waals surface area contributed by atoms with Crippen LogP contribution in [0.2, 0.25) is 0 Å². The van der Waals surface area contributed by atoms with Crippen molar-refractivity contribution in [1.29, 1.82) is 0 Å². The summed E-state index contributed by atoms with van der Waals surface area (Å²) in [6.07, 6.45) is 5.22. The molecule has 0 bridgehead atoms. The highest BCUT2D eigenvalue weighted by Crippen LogP contribution is 2.32. The molecule has 7 heteroatoms. The van der Waals surface area contributed by atoms with Crippen molar-refractivity contribution in [3.63, 3.8) is 0 Å². The van der Waals surface area contributed by atoms with Crippen LogP contribution in [0.15, 0.2) is 36.0 Å². The van der Waals surface area contributed by atoms with Gasteiger partial charge in [0, 0.05) is 19.6 Å². The average molecular weight is 427 g/mol. The van der Waals surface area contributed by atoms with E-state index in [-0.39, 0.29) is 36.5 Å². The Morgan fingerprint density at radius 1 is 1.23 bits per heavy atom. The molecule has 3 unspecified atom stereocenters. The van der Waals surface area contributed by atoms with Crippen LogP contribution in [0.4, 0.5) is 0 Å². The number of rotatable bonds is 6. The van der Waals surface area contributed by atoms with E-state index in [1.807, 2.05) is 17.9 Å². The maximum Gasteiger partial charge on any atom is 0.271 e. The molecule has 3 aliphatic heterocycles. The number of nitrogens with zero attached hydrogens (tertiary/aromatic N) is 3. The van der Waals surface area contributed by atoms with Gasteiger partial charge in [0.1, 0.15) is 12.2 Å². The number of piperazine rings is 1. The first kappa shape index (κ1) is 21.8. The average Bonchev–Trinajstić information content (AvgIpc) is 3.21. The third kappa shape index (κ3) is 4.77. The number of carbonyl (C=O) groups is 2. The molecule has 4 rings (SSSR count). The lowest BCUT2D eigenvalue weighted by atomic mass is 10.0. The normalized spacial score (nSPS) is 26.2. The Morgan fingerprint density at radius 3 is 2.71 bits per heavy atom. The van der Waals surface area contributed by atoms with Crippen LogP contribution in [0, 0.1) is 6.92 Å². The summed E-state index contributed by atoms with van der Waals surface area (Å²) >= 11 is 0. The van der Waals surface area contributed by atoms with E-state index in [2.05, 4.69) is 48.5 Å². The Morgan fingerprint density at radius 2 is 2.00 bits per heavy atom. The second-order valence-electron chi connectivity index (χ2n) is 8.94. The van der Waals surface area contributed by atoms with E-state index in [4.69, 9.17) is 4.74 Å². The van der Waals surface area contributed by atoms with Crippen LogP contribution >= 0.6 is 0 Å². The summed E-state index contributed by atoms with van der Waals surface area (Å²) < 4.78 is 5.55. The highest BCUT2D eigenvalue weighted by molar-refractivity contribution is 5.96. The molecule has 2 amide bonds. The van der Waals surface area contributed by atoms with Crippen LogP contribution in [0.3, 0.4) is 0 Å². The number of carbonyl (C=O) groups excluding carboxylic acids is 2. The second kappa shape index (κ2) is 9.40. The standard InChI is InChI=1S/C24H34N4O3/c1-4-5-6-20-15-27(16-23(29)26-11-12-31-18(3)14-26)24(30)22-13-21(25-28(20)22)19-9-7-17(2)8-10-19/h7-10,13,18,20-21,25H,4-6,11-12,14-16H2,1-3H3. The fourth-order valence-electron chi connectivity index (χ4n) is 4.60. The number of fused-ring (bicyclic) bond motifs is 1. The van der Waals surface area contributed by atoms with Crippen LogP contribution in [0.1, 0.15) is 50.3 Å². The summed E-state index contributed by atoms with van der Waals surface area (Å²) in [5.74, 6) is -0.0580. The van der Waals surface area contributed by atoms with Crippen LogP contribution in [0.5, 0.6) is 0 Å². The summed E-state index contributed by atoms with van der Waals surface area (Å²) in [5.41, 5.74) is 6.56. The molecular weight excluding hydrogens is 392 g/mol. The smallest absolute Gasteiger partial charge is 0.271 e. The first-order valence-corrected chi connectivity index (χ1v) is 11.5. The number of nitrogens with one attached hydrogen (secondary N) is 1. The first-order valence-electron chi connectivity index (χ1n) is 11.5. The molecule has 3 aliphatic rings. The minimum Gasteiger partial charge on any atom is -0.375 e. The molecule has 0 saturated carbocycles. The molecular formula is C24H34N4O3. The van der Waals surface area contributed by atoms with Crippen molar-refractivity contribution in [3.05, 3.63) is 47.2 Å². The molecule has 1 N–H and O–H groups in total. The molecule has 1 aromatic rings. The molecule has 0 aliphatic carbocycles. The Hall–Kier alpha value is -2.38. The van der Waals surface area contributed by atoms with Gasteiger partial charge in [0.05, 0.1) is 24.8 Å². The van der Waals surface area contributed by atoms with E-state index in [1.54, 1.807) is 4.90 Å². The SMILES string of the molecule is CCCCC1CN(CC(=O)N2CCOC(C)C2)C(=O)C2=CC(c3ccc(C)cc3)NN21. The van der Waals surface area contributed by atoms with Gasteiger partial charge >= 0.3 is 0 Å². The fraction of sp³-hybridized carbons (Fsp3) is 0.583. The molecule has 7 nitrogen and oxygen atoms in total. The summed E-state index contributed by atoms with van der Waals surface area (Å²) in [4.78, 5) is 29.8. The van der Waals surface area contributed by atoms with E-state index in [0.29, 0.717) is 31.9 Å². The van der Waals surface area contributed by atoms with Gasteiger partial charge in [-0.2, -0.15) is 0 Å². The number of morpholine rings is 1. The van der Waals surface area contributed by atoms with Crippen molar-refractivity contribution in [1.82, 2.24) is 20.2 Å². The summed E-state index contributed by atoms with van der Waals surface area (Å²) in [7, 11) is 0. The van der Waals surface area contributed by atoms with Crippen molar-refractivity contribution in [2.75, 3.05) is 32.8 Å². The predicted octanol–water partition coefficient (Wildman–Crippen LogP) is 2.39. The van der Waals surface area contributed by atoms with Gasteiger partial charge in [-0.05, 0) is 31.9 Å². The first-order chi connectivity index (χ1) is 15.0. The topological polar surface area (TPSA) is 65.1 Å². The number of ether oxygens (including phenoxy) is 1. The minimum atomic E-state index is -0.0653. The third-order valence-electron chi connectivity index (χ3n) is 6.41. The molecule has 0 spiro atoms. The Labute approximate surface area is 185 Å². The molecule has 2 saturated heterocycles. The van der Waals surface area contributed by atoms with Crippen molar-refractivity contribution < 1.29 is 14.3 Å². The molecule has 0 radical (unpaired) electrons. The highest BCUT2D eigenvalue weighted by atomic mass is 16.5. The molecule has 168 valence electrons. The van der Waals surface area contributed by atoms with E-state index < -0.39 is 0 Å². The van der Waals surface area contributed by atoms with Crippen molar-refractivity contribution in [2.45, 2.75) is 58.2 Å². The van der Waals surface area contributed by atoms with Gasteiger partial charge in [-0.25, -0.2) is 5.43 Å². The number of amides is 2. The van der Waals surface area contributed by atoms with Crippen LogP contribution < -0.4 is 5.43 Å². The number of aryl methyl sites for hydroxylation is 1. The van der Waals surface area contributed by atoms with Crippen molar-refractivity contribution in [3.8, 4) is 0 Å². The summed E-state index contributed by atoms with van der Waals surface area (Å²) in [5, 5.41) is 2.06. The fourth-order valence-corrected chi connectivity index (χ4v) is 4.60. The van der Waals surface area contributed by atoms with Crippen LogP contribution in [0.25, 0.3) is 0 Å². The van der Waals surface area contributed by atoms with E-state index in [0.717, 1.165) is 24.8 Å². The monoisotopic (exact) mass is 426 g/mol. The quantitative estimate of drug-likeness (QED) is 0.757. The number of benzene rings is 1. The molecule has 2 fully saturated rings. The molecule has 31 heavy (non-hydrogen) atoms. The van der Waals surface area contributed by atoms with Crippen molar-refractivity contribution in [2.24, 2.45) is 0 Å². The zero-order valence-electron chi connectivity index (χ0n) is 18.8. The number of unbranched alkanes of at least 4 members (excludes halogenated alkanes) is 1. The van der Waals surface area contributed by atoms with Gasteiger partial charge in [-0.15, -0.1) is 0 Å². The van der Waals surface area contributed by atoms with Gasteiger partial charge in [-0.3, -0.25) is 14.6 Å². The molecule has 1 aromatic carbocycles. The van der Waals surface area contributed by atoms with Gasteiger partial charge in [0.2, 0.25) is 5.91 Å². The van der Waals surface area contributed by atoms with Gasteiger partial charge in [0.15, 0.2) is 0 Å². The largest absolute Gasteiger partial charge is 0.375 e. The maximum atomic E-state index is 13.3. The molecule has 3 heterocycles. The maximum absolute atomic E-state index is 13.3. The van der Waals surface area contributed by atoms with Crippen molar-refractivity contribution >= 4 is 11.8 Å². The van der Waals surface area contributed by atoms with E-state index in [1.165, 1.54) is 5.56 Å². The Bertz CT molecular complexity index is 838. The number of hydrogen-bond donors (Lipinski definition) is 1. The van der Waals surface area contributed by atoms with Gasteiger partial charge < -0.3 is 14.5 Å². The Kier molecular flexibility index (Phi) is 6.62. The summed E-state index contributed by atoms with van der Waals surface area (Å²) in [6, 6.07) is 8.54. The van der Waals surface area contributed by atoms with Crippen LogP contribution in [-0.4, -0.2) is 71.6 Å². The summed E-state index contributed by atoms with van der Waals surface area (Å²) in [6.45, 7) is 8.66. The zero-order chi connectivity index (χ0) is 22.0. The number of hydrazine groups is 1. The lowest BCUT2D eigenvalue weighted by Gasteiger charge is -2.42. The zero-order valence-corrected chi connectivity index (χ0v) is 18.8. The molecule has 0 aromatic heterocycles. The number of hydrogen-bond acceptors (Lipinski definition) is 5. The highest BCUT2D eigenvalue weighted by Gasteiger charge is 2.41. The lowest BCUT2D eigenvalue weighted by Crippen LogP contribution is -2.59. The van der Waals surface area contributed by atoms with Gasteiger partial charge in [-0.1, -0.05) is 49.6 Å². The lowest BCUT2D eigenvalue weighted by molar-refractivity contribution is -0.146. The van der Waals surface area contributed by atoms with Crippen LogP contribution in [-0.2, 0) is 14.3 Å². The minimum absolute atomic E-state index is 0.00725. The Balaban J connectivity index is 1.51. The van der Waals surface area contributed by atoms with E-state index in [9.17, 15) is 9.59 Å². The molecule has 3 atom stereocenters. The third-order valence-corrected chi connectivity index (χ3v) is 6.41. The van der Waals surface area contributed by atoms with E-state index >= 15 is 0 Å².